The number of alkyl halides is 3. The van der Waals surface area contributed by atoms with Crippen LogP contribution in [0.25, 0.3) is 0 Å². The second kappa shape index (κ2) is 3.70. The SMILES string of the molecule is [NH]C(=O)CSCC(F)(F)F. The van der Waals surface area contributed by atoms with Crippen LogP contribution in [0.15, 0.2) is 0 Å². The Balaban J connectivity index is 3.29. The molecule has 0 rings (SSSR count). The molecule has 0 fully saturated rings. The molecule has 1 radical (unpaired) electrons. The summed E-state index contributed by atoms with van der Waals surface area (Å²) in [6.45, 7) is 0. The minimum Gasteiger partial charge on any atom is -0.272 e. The van der Waals surface area contributed by atoms with Crippen molar-refractivity contribution >= 4 is 17.7 Å². The largest absolute Gasteiger partial charge is 0.397 e. The third-order valence-corrected chi connectivity index (χ3v) is 1.50. The van der Waals surface area contributed by atoms with Crippen LogP contribution < -0.4 is 5.73 Å². The summed E-state index contributed by atoms with van der Waals surface area (Å²) >= 11 is 0.406. The standard InChI is InChI=1S/C4H5F3NOS/c5-4(6,7)2-10-1-3(8)9/h8H,1-2H2. The van der Waals surface area contributed by atoms with Crippen molar-refractivity contribution < 1.29 is 18.0 Å². The van der Waals surface area contributed by atoms with Gasteiger partial charge < -0.3 is 0 Å². The van der Waals surface area contributed by atoms with E-state index in [0.29, 0.717) is 11.8 Å². The Morgan fingerprint density at radius 2 is 2.00 bits per heavy atom. The molecule has 0 aliphatic carbocycles. The van der Waals surface area contributed by atoms with Crippen LogP contribution >= 0.6 is 11.8 Å². The Morgan fingerprint density at radius 1 is 1.50 bits per heavy atom. The van der Waals surface area contributed by atoms with Gasteiger partial charge in [-0.05, 0) is 0 Å². The maximum Gasteiger partial charge on any atom is 0.397 e. The third-order valence-electron chi connectivity index (χ3n) is 0.499. The van der Waals surface area contributed by atoms with Gasteiger partial charge >= 0.3 is 6.18 Å². The molecular weight excluding hydrogens is 167 g/mol. The van der Waals surface area contributed by atoms with E-state index in [1.165, 1.54) is 0 Å². The van der Waals surface area contributed by atoms with Crippen LogP contribution in [0.4, 0.5) is 13.2 Å². The van der Waals surface area contributed by atoms with Gasteiger partial charge in [0, 0.05) is 0 Å². The maximum atomic E-state index is 11.3. The molecule has 0 unspecified atom stereocenters. The predicted molar refractivity (Wildman–Crippen MR) is 31.5 cm³/mol. The van der Waals surface area contributed by atoms with Gasteiger partial charge in [-0.1, -0.05) is 0 Å². The van der Waals surface area contributed by atoms with Crippen LogP contribution in [-0.4, -0.2) is 23.6 Å². The highest BCUT2D eigenvalue weighted by molar-refractivity contribution is 8.00. The van der Waals surface area contributed by atoms with Crippen LogP contribution in [0, 0.1) is 0 Å². The van der Waals surface area contributed by atoms with E-state index >= 15 is 0 Å². The van der Waals surface area contributed by atoms with E-state index in [9.17, 15) is 18.0 Å². The van der Waals surface area contributed by atoms with Gasteiger partial charge in [-0.25, -0.2) is 0 Å². The normalized spacial score (nSPS) is 11.5. The first-order valence-electron chi connectivity index (χ1n) is 2.31. The average molecular weight is 172 g/mol. The number of hydrogen-bond acceptors (Lipinski definition) is 2. The molecule has 0 aliphatic rings. The predicted octanol–water partition coefficient (Wildman–Crippen LogP) is 1.09. The molecular formula is C4H5F3NOS. The number of nitrogens with one attached hydrogen (secondary N) is 1. The molecule has 0 aromatic heterocycles. The quantitative estimate of drug-likeness (QED) is 0.639. The van der Waals surface area contributed by atoms with Gasteiger partial charge in [0.15, 0.2) is 0 Å². The Bertz CT molecular complexity index is 124. The van der Waals surface area contributed by atoms with E-state index in [2.05, 4.69) is 0 Å². The van der Waals surface area contributed by atoms with Crippen LogP contribution in [0.5, 0.6) is 0 Å². The first-order valence-corrected chi connectivity index (χ1v) is 3.46. The second-order valence-corrected chi connectivity index (χ2v) is 2.52. The molecule has 6 heteroatoms. The van der Waals surface area contributed by atoms with Gasteiger partial charge in [-0.2, -0.15) is 13.2 Å². The highest BCUT2D eigenvalue weighted by Gasteiger charge is 2.26. The monoisotopic (exact) mass is 172 g/mol. The van der Waals surface area contributed by atoms with Crippen molar-refractivity contribution in [2.45, 2.75) is 6.18 Å². The average Bonchev–Trinajstić information content (AvgIpc) is 1.59. The number of rotatable bonds is 3. The fourth-order valence-electron chi connectivity index (χ4n) is 0.259. The van der Waals surface area contributed by atoms with Crippen LogP contribution in [0.1, 0.15) is 0 Å². The van der Waals surface area contributed by atoms with Crippen molar-refractivity contribution in [1.82, 2.24) is 5.73 Å². The summed E-state index contributed by atoms with van der Waals surface area (Å²) in [5, 5.41) is 0. The Morgan fingerprint density at radius 3 is 2.30 bits per heavy atom. The van der Waals surface area contributed by atoms with Crippen molar-refractivity contribution in [2.24, 2.45) is 0 Å². The molecule has 1 N–H and O–H groups in total. The lowest BCUT2D eigenvalue weighted by atomic mass is 10.8. The number of halogens is 3. The summed E-state index contributed by atoms with van der Waals surface area (Å²) in [5.74, 6) is -2.42. The lowest BCUT2D eigenvalue weighted by molar-refractivity contribution is -0.116. The summed E-state index contributed by atoms with van der Waals surface area (Å²) in [6, 6.07) is 0. The summed E-state index contributed by atoms with van der Waals surface area (Å²) in [4.78, 5) is 9.81. The first-order chi connectivity index (χ1) is 4.42. The summed E-state index contributed by atoms with van der Waals surface area (Å²) < 4.78 is 33.9. The topological polar surface area (TPSA) is 40.9 Å². The van der Waals surface area contributed by atoms with E-state index < -0.39 is 17.8 Å². The van der Waals surface area contributed by atoms with Gasteiger partial charge in [0.1, 0.15) is 0 Å². The second-order valence-electron chi connectivity index (χ2n) is 1.53. The molecule has 2 nitrogen and oxygen atoms in total. The highest BCUT2D eigenvalue weighted by atomic mass is 32.2. The van der Waals surface area contributed by atoms with Gasteiger partial charge in [0.25, 0.3) is 0 Å². The molecule has 0 aromatic rings. The summed E-state index contributed by atoms with van der Waals surface area (Å²) in [7, 11) is 0. The zero-order valence-corrected chi connectivity index (χ0v) is 5.68. The number of amides is 1. The fraction of sp³-hybridized carbons (Fsp3) is 0.750. The number of carbonyl (C=O) groups is 1. The summed E-state index contributed by atoms with van der Waals surface area (Å²) in [6.07, 6.45) is -4.24. The third kappa shape index (κ3) is 7.61. The molecule has 0 aromatic carbocycles. The molecule has 0 aliphatic heterocycles. The molecule has 10 heavy (non-hydrogen) atoms. The lowest BCUT2D eigenvalue weighted by Crippen LogP contribution is -2.13. The van der Waals surface area contributed by atoms with Gasteiger partial charge in [0.2, 0.25) is 5.91 Å². The van der Waals surface area contributed by atoms with E-state index in [4.69, 9.17) is 5.73 Å². The zero-order valence-electron chi connectivity index (χ0n) is 4.86. The Hall–Kier alpha value is -0.390. The number of hydrogen-bond donors (Lipinski definition) is 0. The van der Waals surface area contributed by atoms with Crippen molar-refractivity contribution in [3.63, 3.8) is 0 Å². The Labute approximate surface area is 60.0 Å². The van der Waals surface area contributed by atoms with Crippen molar-refractivity contribution in [3.8, 4) is 0 Å². The van der Waals surface area contributed by atoms with E-state index in [1.54, 1.807) is 0 Å². The maximum absolute atomic E-state index is 11.3. The zero-order chi connectivity index (χ0) is 8.20. The van der Waals surface area contributed by atoms with E-state index in [-0.39, 0.29) is 5.75 Å². The van der Waals surface area contributed by atoms with Gasteiger partial charge in [0.05, 0.1) is 11.5 Å². The van der Waals surface area contributed by atoms with Gasteiger partial charge in [-0.3, -0.25) is 10.5 Å². The molecule has 0 bridgehead atoms. The van der Waals surface area contributed by atoms with Crippen LogP contribution in [0.3, 0.4) is 0 Å². The number of carbonyl (C=O) groups excluding carboxylic acids is 1. The van der Waals surface area contributed by atoms with Crippen molar-refractivity contribution in [3.05, 3.63) is 0 Å². The van der Waals surface area contributed by atoms with Crippen LogP contribution in [-0.2, 0) is 4.79 Å². The smallest absolute Gasteiger partial charge is 0.272 e. The van der Waals surface area contributed by atoms with Crippen molar-refractivity contribution in [2.75, 3.05) is 11.5 Å². The van der Waals surface area contributed by atoms with Gasteiger partial charge in [-0.15, -0.1) is 11.8 Å². The molecule has 0 heterocycles. The van der Waals surface area contributed by atoms with E-state index in [0.717, 1.165) is 0 Å². The number of thioether (sulfide) groups is 1. The fourth-order valence-corrected chi connectivity index (χ4v) is 0.778. The molecule has 59 valence electrons. The highest BCUT2D eigenvalue weighted by Crippen LogP contribution is 2.20. The first kappa shape index (κ1) is 9.61. The van der Waals surface area contributed by atoms with E-state index in [1.807, 2.05) is 0 Å². The minimum absolute atomic E-state index is 0.389. The molecule has 0 saturated carbocycles. The molecule has 0 saturated heterocycles. The van der Waals surface area contributed by atoms with Crippen molar-refractivity contribution in [1.29, 1.82) is 0 Å². The molecule has 1 amide bonds. The molecule has 0 spiro atoms. The molecule has 0 atom stereocenters. The lowest BCUT2D eigenvalue weighted by Gasteiger charge is -2.02. The summed E-state index contributed by atoms with van der Waals surface area (Å²) in [5.41, 5.74) is 6.26. The Kier molecular flexibility index (Phi) is 3.55. The minimum atomic E-state index is -4.24. The van der Waals surface area contributed by atoms with Crippen LogP contribution in [0.2, 0.25) is 0 Å².